The third kappa shape index (κ3) is 3.39. The highest BCUT2D eigenvalue weighted by molar-refractivity contribution is 5.93. The van der Waals surface area contributed by atoms with Crippen LogP contribution in [0.25, 0.3) is 11.2 Å². The number of carbonyl (C=O) groups excluding carboxylic acids is 1. The molecule has 6 rings (SSSR count). The fourth-order valence-electron chi connectivity index (χ4n) is 3.82. The molecule has 9 nitrogen and oxygen atoms in total. The molecule has 5 aromatic heterocycles. The number of carbonyl (C=O) groups is 1. The molecule has 0 radical (unpaired) electrons. The average molecular weight is 430 g/mol. The Labute approximate surface area is 181 Å². The van der Waals surface area contributed by atoms with E-state index in [4.69, 9.17) is 0 Å². The molecule has 0 unspecified atom stereocenters. The predicted molar refractivity (Wildman–Crippen MR) is 113 cm³/mol. The Bertz CT molecular complexity index is 1460. The highest BCUT2D eigenvalue weighted by Crippen LogP contribution is 2.38. The molecule has 0 bridgehead atoms. The summed E-state index contributed by atoms with van der Waals surface area (Å²) in [6.45, 7) is 0.537. The molecule has 0 spiro atoms. The summed E-state index contributed by atoms with van der Waals surface area (Å²) in [6, 6.07) is 6.99. The Balaban J connectivity index is 1.14. The smallest absolute Gasteiger partial charge is 0.254 e. The van der Waals surface area contributed by atoms with Gasteiger partial charge in [-0.2, -0.15) is 10.2 Å². The third-order valence-electron chi connectivity index (χ3n) is 5.61. The van der Waals surface area contributed by atoms with Crippen molar-refractivity contribution in [2.24, 2.45) is 0 Å². The van der Waals surface area contributed by atoms with Gasteiger partial charge in [0, 0.05) is 18.3 Å². The first-order valence-electron chi connectivity index (χ1n) is 10.4. The molecular formula is C22H19FN8O. The summed E-state index contributed by atoms with van der Waals surface area (Å²) in [4.78, 5) is 21.3. The lowest BCUT2D eigenvalue weighted by Crippen LogP contribution is -2.22. The van der Waals surface area contributed by atoms with E-state index in [0.717, 1.165) is 17.0 Å². The molecule has 0 atom stereocenters. The quantitative estimate of drug-likeness (QED) is 0.447. The zero-order valence-corrected chi connectivity index (χ0v) is 17.0. The SMILES string of the molecule is O=C(NCc1ncn2cccc(F)c12)c1cnn(Cc2cn3nc(C4CC4)ccc3n2)c1. The van der Waals surface area contributed by atoms with Crippen LogP contribution in [0.4, 0.5) is 4.39 Å². The summed E-state index contributed by atoms with van der Waals surface area (Å²) in [5.41, 5.74) is 3.92. The molecule has 1 fully saturated rings. The normalized spacial score (nSPS) is 13.8. The maximum atomic E-state index is 14.1. The Hall–Kier alpha value is -4.08. The summed E-state index contributed by atoms with van der Waals surface area (Å²) in [5, 5.41) is 11.7. The molecule has 1 aliphatic rings. The maximum absolute atomic E-state index is 14.1. The van der Waals surface area contributed by atoms with E-state index < -0.39 is 0 Å². The second-order valence-electron chi connectivity index (χ2n) is 7.98. The third-order valence-corrected chi connectivity index (χ3v) is 5.61. The van der Waals surface area contributed by atoms with Gasteiger partial charge in [-0.3, -0.25) is 9.48 Å². The number of fused-ring (bicyclic) bond motifs is 2. The Kier molecular flexibility index (Phi) is 4.23. The molecule has 0 aliphatic heterocycles. The van der Waals surface area contributed by atoms with Gasteiger partial charge in [-0.1, -0.05) is 0 Å². The van der Waals surface area contributed by atoms with Gasteiger partial charge in [-0.25, -0.2) is 18.9 Å². The molecule has 10 heteroatoms. The van der Waals surface area contributed by atoms with E-state index in [2.05, 4.69) is 25.5 Å². The van der Waals surface area contributed by atoms with E-state index in [1.165, 1.54) is 31.4 Å². The van der Waals surface area contributed by atoms with E-state index in [-0.39, 0.29) is 18.3 Å². The van der Waals surface area contributed by atoms with Crippen LogP contribution in [0.2, 0.25) is 0 Å². The molecule has 5 heterocycles. The number of hydrogen-bond acceptors (Lipinski definition) is 5. The van der Waals surface area contributed by atoms with Crippen LogP contribution in [-0.2, 0) is 13.1 Å². The molecule has 1 N–H and O–H groups in total. The van der Waals surface area contributed by atoms with E-state index >= 15 is 0 Å². The van der Waals surface area contributed by atoms with Gasteiger partial charge in [0.2, 0.25) is 0 Å². The lowest BCUT2D eigenvalue weighted by molar-refractivity contribution is 0.0950. The zero-order valence-electron chi connectivity index (χ0n) is 17.0. The summed E-state index contributed by atoms with van der Waals surface area (Å²) < 4.78 is 19.1. The monoisotopic (exact) mass is 430 g/mol. The lowest BCUT2D eigenvalue weighted by atomic mass is 10.3. The van der Waals surface area contributed by atoms with Crippen molar-refractivity contribution in [2.45, 2.75) is 31.8 Å². The highest BCUT2D eigenvalue weighted by Gasteiger charge is 2.25. The minimum Gasteiger partial charge on any atom is -0.346 e. The fourth-order valence-corrected chi connectivity index (χ4v) is 3.82. The van der Waals surface area contributed by atoms with Crippen LogP contribution in [0, 0.1) is 5.82 Å². The molecule has 0 aromatic carbocycles. The van der Waals surface area contributed by atoms with Gasteiger partial charge >= 0.3 is 0 Å². The van der Waals surface area contributed by atoms with Crippen molar-refractivity contribution in [3.05, 3.63) is 83.8 Å². The molecule has 1 saturated carbocycles. The molecule has 5 aromatic rings. The highest BCUT2D eigenvalue weighted by atomic mass is 19.1. The minimum absolute atomic E-state index is 0.114. The predicted octanol–water partition coefficient (Wildman–Crippen LogP) is 2.57. The van der Waals surface area contributed by atoms with Crippen LogP contribution >= 0.6 is 0 Å². The number of pyridine rings is 1. The minimum atomic E-state index is -0.381. The zero-order chi connectivity index (χ0) is 21.7. The number of halogens is 1. The van der Waals surface area contributed by atoms with Crippen molar-refractivity contribution < 1.29 is 9.18 Å². The van der Waals surface area contributed by atoms with Crippen molar-refractivity contribution in [3.8, 4) is 0 Å². The first-order chi connectivity index (χ1) is 15.6. The van der Waals surface area contributed by atoms with E-state index in [1.54, 1.807) is 32.1 Å². The average Bonchev–Trinajstić information content (AvgIpc) is 3.19. The number of imidazole rings is 2. The van der Waals surface area contributed by atoms with E-state index in [9.17, 15) is 9.18 Å². The lowest BCUT2D eigenvalue weighted by Gasteiger charge is -2.03. The Morgan fingerprint density at radius 1 is 1.22 bits per heavy atom. The van der Waals surface area contributed by atoms with Gasteiger partial charge in [0.05, 0.1) is 54.5 Å². The van der Waals surface area contributed by atoms with Crippen molar-refractivity contribution >= 4 is 17.1 Å². The van der Waals surface area contributed by atoms with Gasteiger partial charge < -0.3 is 9.72 Å². The van der Waals surface area contributed by atoms with Crippen molar-refractivity contribution in [3.63, 3.8) is 0 Å². The van der Waals surface area contributed by atoms with Crippen LogP contribution < -0.4 is 5.32 Å². The van der Waals surface area contributed by atoms with Gasteiger partial charge in [0.25, 0.3) is 5.91 Å². The summed E-state index contributed by atoms with van der Waals surface area (Å²) in [6.07, 6.45) is 10.7. The number of hydrogen-bond donors (Lipinski definition) is 1. The topological polar surface area (TPSA) is 94.4 Å². The second-order valence-corrected chi connectivity index (χ2v) is 7.98. The first-order valence-corrected chi connectivity index (χ1v) is 10.4. The van der Waals surface area contributed by atoms with Gasteiger partial charge in [-0.15, -0.1) is 0 Å². The number of rotatable bonds is 6. The standard InChI is InChI=1S/C22H19FN8O/c23-17-2-1-7-29-13-25-19(21(17)29)9-24-22(32)15-8-26-30(10-15)11-16-12-31-20(27-16)6-5-18(28-31)14-3-4-14/h1-2,5-8,10,12-14H,3-4,9,11H2,(H,24,32). The molecule has 1 aliphatic carbocycles. The van der Waals surface area contributed by atoms with E-state index in [1.807, 2.05) is 18.3 Å². The van der Waals surface area contributed by atoms with E-state index in [0.29, 0.717) is 29.2 Å². The second kappa shape index (κ2) is 7.26. The fraction of sp³-hybridized carbons (Fsp3) is 0.227. The maximum Gasteiger partial charge on any atom is 0.254 e. The Morgan fingerprint density at radius 2 is 2.12 bits per heavy atom. The van der Waals surface area contributed by atoms with Crippen LogP contribution in [0.3, 0.4) is 0 Å². The van der Waals surface area contributed by atoms with Crippen LogP contribution in [0.5, 0.6) is 0 Å². The molecule has 160 valence electrons. The summed E-state index contributed by atoms with van der Waals surface area (Å²) >= 11 is 0. The molecule has 0 saturated heterocycles. The molecule has 32 heavy (non-hydrogen) atoms. The molecular weight excluding hydrogens is 411 g/mol. The van der Waals surface area contributed by atoms with Crippen LogP contribution in [-0.4, -0.2) is 39.7 Å². The van der Waals surface area contributed by atoms with Crippen molar-refractivity contribution in [2.75, 3.05) is 0 Å². The van der Waals surface area contributed by atoms with Gasteiger partial charge in [0.15, 0.2) is 5.65 Å². The van der Waals surface area contributed by atoms with Gasteiger partial charge in [-0.05, 0) is 37.1 Å². The summed E-state index contributed by atoms with van der Waals surface area (Å²) in [7, 11) is 0. The Morgan fingerprint density at radius 3 is 3.00 bits per heavy atom. The number of amides is 1. The largest absolute Gasteiger partial charge is 0.346 e. The first kappa shape index (κ1) is 18.7. The summed E-state index contributed by atoms with van der Waals surface area (Å²) in [5.74, 6) is -0.109. The number of nitrogens with one attached hydrogen (secondary N) is 1. The van der Waals surface area contributed by atoms with Crippen LogP contribution in [0.15, 0.2) is 55.4 Å². The van der Waals surface area contributed by atoms with Crippen molar-refractivity contribution in [1.29, 1.82) is 0 Å². The van der Waals surface area contributed by atoms with Crippen molar-refractivity contribution in [1.82, 2.24) is 39.1 Å². The van der Waals surface area contributed by atoms with Crippen LogP contribution in [0.1, 0.15) is 46.2 Å². The molecule has 1 amide bonds. The number of nitrogens with zero attached hydrogens (tertiary/aromatic N) is 7. The number of aromatic nitrogens is 7. The van der Waals surface area contributed by atoms with Gasteiger partial charge in [0.1, 0.15) is 11.3 Å².